The second-order valence-corrected chi connectivity index (χ2v) is 10.7. The van der Waals surface area contributed by atoms with Crippen molar-refractivity contribution in [1.29, 1.82) is 5.26 Å². The smallest absolute Gasteiger partial charge is 0.338 e. The van der Waals surface area contributed by atoms with Crippen molar-refractivity contribution in [2.75, 3.05) is 13.7 Å². The van der Waals surface area contributed by atoms with Crippen molar-refractivity contribution in [1.82, 2.24) is 4.57 Å². The highest BCUT2D eigenvalue weighted by Gasteiger charge is 2.33. The van der Waals surface area contributed by atoms with E-state index in [1.165, 1.54) is 11.3 Å². The Kier molecular flexibility index (Phi) is 8.36. The summed E-state index contributed by atoms with van der Waals surface area (Å²) in [7, 11) is 1.56. The van der Waals surface area contributed by atoms with E-state index in [2.05, 4.69) is 11.1 Å². The predicted octanol–water partition coefficient (Wildman–Crippen LogP) is 4.57. The first-order valence-corrected chi connectivity index (χ1v) is 14.2. The number of allylic oxidation sites excluding steroid dienone is 1. The number of methoxy groups -OCH3 is 1. The van der Waals surface area contributed by atoms with Crippen LogP contribution in [0, 0.1) is 18.3 Å². The number of thiazole rings is 1. The van der Waals surface area contributed by atoms with E-state index in [4.69, 9.17) is 19.5 Å². The molecule has 0 radical (unpaired) electrons. The Morgan fingerprint density at radius 3 is 2.48 bits per heavy atom. The van der Waals surface area contributed by atoms with Gasteiger partial charge in [-0.1, -0.05) is 59.4 Å². The molecule has 5 rings (SSSR count). The van der Waals surface area contributed by atoms with Crippen molar-refractivity contribution < 1.29 is 19.0 Å². The Labute approximate surface area is 247 Å². The first-order chi connectivity index (χ1) is 20.3. The molecule has 1 aliphatic heterocycles. The maximum absolute atomic E-state index is 13.9. The largest absolute Gasteiger partial charge is 0.493 e. The summed E-state index contributed by atoms with van der Waals surface area (Å²) < 4.78 is 19.0. The number of benzene rings is 3. The zero-order valence-electron chi connectivity index (χ0n) is 23.7. The van der Waals surface area contributed by atoms with Gasteiger partial charge in [-0.15, -0.1) is 0 Å². The van der Waals surface area contributed by atoms with Gasteiger partial charge in [-0.2, -0.15) is 5.26 Å². The minimum atomic E-state index is -0.657. The number of hydrogen-bond donors (Lipinski definition) is 0. The molecule has 0 saturated carbocycles. The van der Waals surface area contributed by atoms with Gasteiger partial charge in [0.15, 0.2) is 16.3 Å². The molecule has 0 N–H and O–H groups in total. The summed E-state index contributed by atoms with van der Waals surface area (Å²) in [5.41, 5.74) is 4.75. The predicted molar refractivity (Wildman–Crippen MR) is 160 cm³/mol. The molecular formula is C33H29N3O5S. The molecule has 4 aromatic rings. The van der Waals surface area contributed by atoms with Crippen LogP contribution in [0.25, 0.3) is 6.08 Å². The number of carbonyl (C=O) groups excluding carboxylic acids is 1. The quantitative estimate of drug-likeness (QED) is 0.284. The third kappa shape index (κ3) is 5.76. The monoisotopic (exact) mass is 579 g/mol. The number of rotatable bonds is 8. The lowest BCUT2D eigenvalue weighted by Gasteiger charge is -2.24. The minimum absolute atomic E-state index is 0.218. The van der Waals surface area contributed by atoms with E-state index in [0.717, 1.165) is 22.3 Å². The highest BCUT2D eigenvalue weighted by Crippen LogP contribution is 2.31. The maximum Gasteiger partial charge on any atom is 0.338 e. The van der Waals surface area contributed by atoms with Crippen LogP contribution in [-0.4, -0.2) is 24.3 Å². The third-order valence-corrected chi connectivity index (χ3v) is 7.86. The van der Waals surface area contributed by atoms with Gasteiger partial charge < -0.3 is 14.2 Å². The van der Waals surface area contributed by atoms with Crippen LogP contribution >= 0.6 is 11.3 Å². The van der Waals surface area contributed by atoms with Crippen molar-refractivity contribution in [3.8, 4) is 17.6 Å². The van der Waals surface area contributed by atoms with Gasteiger partial charge in [0.2, 0.25) is 0 Å². The number of nitriles is 1. The Balaban J connectivity index is 1.52. The van der Waals surface area contributed by atoms with E-state index in [1.807, 2.05) is 49.4 Å². The van der Waals surface area contributed by atoms with E-state index in [1.54, 1.807) is 55.9 Å². The van der Waals surface area contributed by atoms with E-state index >= 15 is 0 Å². The molecule has 42 heavy (non-hydrogen) atoms. The van der Waals surface area contributed by atoms with Crippen LogP contribution in [0.1, 0.15) is 47.7 Å². The normalized spacial score (nSPS) is 14.5. The fourth-order valence-electron chi connectivity index (χ4n) is 4.74. The summed E-state index contributed by atoms with van der Waals surface area (Å²) in [6, 6.07) is 21.8. The summed E-state index contributed by atoms with van der Waals surface area (Å²) in [4.78, 5) is 32.1. The third-order valence-electron chi connectivity index (χ3n) is 6.87. The summed E-state index contributed by atoms with van der Waals surface area (Å²) in [5, 5.41) is 8.99. The van der Waals surface area contributed by atoms with Crippen molar-refractivity contribution >= 4 is 23.4 Å². The number of aryl methyl sites for hydroxylation is 1. The maximum atomic E-state index is 13.9. The minimum Gasteiger partial charge on any atom is -0.493 e. The highest BCUT2D eigenvalue weighted by atomic mass is 32.1. The molecule has 1 aromatic heterocycles. The molecular weight excluding hydrogens is 550 g/mol. The number of esters is 1. The number of nitrogens with zero attached hydrogens (tertiary/aromatic N) is 3. The van der Waals surface area contributed by atoms with Crippen LogP contribution < -0.4 is 24.4 Å². The van der Waals surface area contributed by atoms with Gasteiger partial charge in [-0.05, 0) is 67.8 Å². The van der Waals surface area contributed by atoms with E-state index < -0.39 is 12.0 Å². The molecule has 1 atom stereocenters. The standard InChI is InChI=1S/C33H29N3O5S/c1-5-40-32(38)29-21(3)35-33-36(30(29)25-13-6-20(2)7-14-25)31(37)28(42-33)17-24-12-15-26(27(16-24)39-4)41-19-23-10-8-22(18-34)9-11-23/h6-17,30H,5,19H2,1-4H3/b28-17-/t30-/m0/s1. The molecule has 0 aliphatic carbocycles. The van der Waals surface area contributed by atoms with Gasteiger partial charge in [-0.3, -0.25) is 9.36 Å². The van der Waals surface area contributed by atoms with E-state index in [-0.39, 0.29) is 12.2 Å². The number of fused-ring (bicyclic) bond motifs is 1. The van der Waals surface area contributed by atoms with Crippen molar-refractivity contribution in [2.24, 2.45) is 4.99 Å². The van der Waals surface area contributed by atoms with E-state index in [9.17, 15) is 9.59 Å². The lowest BCUT2D eigenvalue weighted by atomic mass is 9.95. The molecule has 0 amide bonds. The molecule has 212 valence electrons. The highest BCUT2D eigenvalue weighted by molar-refractivity contribution is 7.07. The van der Waals surface area contributed by atoms with Crippen molar-refractivity contribution in [3.63, 3.8) is 0 Å². The average Bonchev–Trinajstić information content (AvgIpc) is 3.30. The number of ether oxygens (including phenoxy) is 3. The van der Waals surface area contributed by atoms with Crippen LogP contribution in [0.3, 0.4) is 0 Å². The molecule has 0 unspecified atom stereocenters. The molecule has 0 fully saturated rings. The van der Waals surface area contributed by atoms with Crippen LogP contribution in [-0.2, 0) is 16.1 Å². The summed E-state index contributed by atoms with van der Waals surface area (Å²) >= 11 is 1.26. The fraction of sp³-hybridized carbons (Fsp3) is 0.212. The topological polar surface area (TPSA) is 103 Å². The first kappa shape index (κ1) is 28.6. The van der Waals surface area contributed by atoms with Gasteiger partial charge in [0.1, 0.15) is 6.61 Å². The van der Waals surface area contributed by atoms with Gasteiger partial charge in [-0.25, -0.2) is 9.79 Å². The summed E-state index contributed by atoms with van der Waals surface area (Å²) in [5.74, 6) is 0.581. The fourth-order valence-corrected chi connectivity index (χ4v) is 5.78. The zero-order valence-corrected chi connectivity index (χ0v) is 24.5. The molecule has 0 bridgehead atoms. The Morgan fingerprint density at radius 2 is 1.81 bits per heavy atom. The Bertz CT molecular complexity index is 1900. The van der Waals surface area contributed by atoms with Gasteiger partial charge in [0.05, 0.1) is 47.2 Å². The SMILES string of the molecule is CCOC(=O)C1=C(C)N=c2s/c(=C\c3ccc(OCc4ccc(C#N)cc4)c(OC)c3)c(=O)n2[C@H]1c1ccc(C)cc1. The molecule has 9 heteroatoms. The molecule has 0 spiro atoms. The molecule has 2 heterocycles. The first-order valence-electron chi connectivity index (χ1n) is 13.4. The van der Waals surface area contributed by atoms with Gasteiger partial charge in [0, 0.05) is 0 Å². The lowest BCUT2D eigenvalue weighted by Crippen LogP contribution is -2.39. The number of hydrogen-bond acceptors (Lipinski definition) is 8. The molecule has 1 aliphatic rings. The summed E-state index contributed by atoms with van der Waals surface area (Å²) in [6.07, 6.45) is 1.78. The van der Waals surface area contributed by atoms with Crippen LogP contribution in [0.2, 0.25) is 0 Å². The van der Waals surface area contributed by atoms with Crippen LogP contribution in [0.15, 0.2) is 87.8 Å². The zero-order chi connectivity index (χ0) is 29.8. The number of carbonyl (C=O) groups is 1. The van der Waals surface area contributed by atoms with Crippen molar-refractivity contribution in [3.05, 3.63) is 126 Å². The summed E-state index contributed by atoms with van der Waals surface area (Å²) in [6.45, 7) is 6.03. The Hall–Kier alpha value is -4.94. The van der Waals surface area contributed by atoms with Crippen molar-refractivity contribution in [2.45, 2.75) is 33.4 Å². The second kappa shape index (κ2) is 12.3. The average molecular weight is 580 g/mol. The van der Waals surface area contributed by atoms with Gasteiger partial charge in [0.25, 0.3) is 5.56 Å². The number of aromatic nitrogens is 1. The van der Waals surface area contributed by atoms with Crippen LogP contribution in [0.4, 0.5) is 0 Å². The van der Waals surface area contributed by atoms with Gasteiger partial charge >= 0.3 is 5.97 Å². The second-order valence-electron chi connectivity index (χ2n) is 9.72. The Morgan fingerprint density at radius 1 is 1.07 bits per heavy atom. The molecule has 0 saturated heterocycles. The lowest BCUT2D eigenvalue weighted by molar-refractivity contribution is -0.139. The van der Waals surface area contributed by atoms with Crippen LogP contribution in [0.5, 0.6) is 11.5 Å². The molecule has 3 aromatic carbocycles. The molecule has 8 nitrogen and oxygen atoms in total. The van der Waals surface area contributed by atoms with E-state index in [0.29, 0.717) is 44.3 Å².